The van der Waals surface area contributed by atoms with Gasteiger partial charge in [0.25, 0.3) is 0 Å². The molecule has 2 atom stereocenters. The van der Waals surface area contributed by atoms with Crippen LogP contribution in [0.4, 0.5) is 0 Å². The summed E-state index contributed by atoms with van der Waals surface area (Å²) in [5.74, 6) is 3.64. The molecule has 0 aromatic rings. The first-order chi connectivity index (χ1) is 11.2. The van der Waals surface area contributed by atoms with E-state index in [1.54, 1.807) is 7.11 Å². The molecule has 4 bridgehead atoms. The zero-order chi connectivity index (χ0) is 15.9. The highest BCUT2D eigenvalue weighted by molar-refractivity contribution is 8.01. The van der Waals surface area contributed by atoms with Gasteiger partial charge in [0, 0.05) is 18.5 Å². The quantitative estimate of drug-likeness (QED) is 0.836. The topological polar surface area (TPSA) is 47.6 Å². The Morgan fingerprint density at radius 1 is 1.22 bits per heavy atom. The van der Waals surface area contributed by atoms with E-state index >= 15 is 0 Å². The van der Waals surface area contributed by atoms with Gasteiger partial charge >= 0.3 is 0 Å². The van der Waals surface area contributed by atoms with Gasteiger partial charge in [0.15, 0.2) is 0 Å². The molecule has 5 heteroatoms. The summed E-state index contributed by atoms with van der Waals surface area (Å²) in [6, 6.07) is 0.109. The fraction of sp³-hybridized carbons (Fsp3) is 0.944. The monoisotopic (exact) mass is 339 g/mol. The lowest BCUT2D eigenvalue weighted by Crippen LogP contribution is -2.51. The van der Waals surface area contributed by atoms with Gasteiger partial charge in [0.2, 0.25) is 5.91 Å². The summed E-state index contributed by atoms with van der Waals surface area (Å²) in [4.78, 5) is 12.4. The van der Waals surface area contributed by atoms with E-state index in [1.807, 2.05) is 11.8 Å². The molecule has 1 heterocycles. The third-order valence-corrected chi connectivity index (χ3v) is 7.96. The van der Waals surface area contributed by atoms with Crippen LogP contribution < -0.4 is 5.32 Å². The van der Waals surface area contributed by atoms with Gasteiger partial charge in [-0.25, -0.2) is 0 Å². The number of thioether (sulfide) groups is 1. The number of amides is 1. The number of hydrogen-bond donors (Lipinski definition) is 1. The van der Waals surface area contributed by atoms with Crippen LogP contribution in [0.25, 0.3) is 0 Å². The average molecular weight is 340 g/mol. The Morgan fingerprint density at radius 3 is 2.48 bits per heavy atom. The van der Waals surface area contributed by atoms with Crippen molar-refractivity contribution in [2.75, 3.05) is 26.1 Å². The molecule has 4 aliphatic carbocycles. The molecule has 0 radical (unpaired) electrons. The fourth-order valence-corrected chi connectivity index (χ4v) is 7.37. The molecule has 5 aliphatic rings. The lowest BCUT2D eigenvalue weighted by molar-refractivity contribution is -0.122. The molecule has 23 heavy (non-hydrogen) atoms. The molecule has 0 aromatic heterocycles. The molecule has 0 spiro atoms. The van der Waals surface area contributed by atoms with Crippen molar-refractivity contribution in [2.45, 2.75) is 61.8 Å². The van der Waals surface area contributed by atoms with Crippen LogP contribution in [0.1, 0.15) is 44.9 Å². The molecule has 1 saturated heterocycles. The van der Waals surface area contributed by atoms with Crippen molar-refractivity contribution >= 4 is 17.7 Å². The number of rotatable bonds is 5. The Bertz CT molecular complexity index is 420. The molecule has 1 amide bonds. The predicted octanol–water partition coefficient (Wildman–Crippen LogP) is 2.61. The molecule has 0 aromatic carbocycles. The van der Waals surface area contributed by atoms with Crippen LogP contribution >= 0.6 is 11.8 Å². The van der Waals surface area contributed by atoms with Crippen molar-refractivity contribution in [3.05, 3.63) is 0 Å². The van der Waals surface area contributed by atoms with Gasteiger partial charge in [0.1, 0.15) is 6.10 Å². The van der Waals surface area contributed by atoms with Gasteiger partial charge in [-0.15, -0.1) is 11.8 Å². The van der Waals surface area contributed by atoms with Gasteiger partial charge in [-0.2, -0.15) is 0 Å². The fourth-order valence-electron chi connectivity index (χ4n) is 5.78. The Hall–Kier alpha value is -0.260. The first kappa shape index (κ1) is 16.2. The minimum atomic E-state index is -0.00255. The first-order valence-electron chi connectivity index (χ1n) is 9.20. The lowest BCUT2D eigenvalue weighted by Gasteiger charge is -2.56. The van der Waals surface area contributed by atoms with Crippen molar-refractivity contribution < 1.29 is 14.3 Å². The summed E-state index contributed by atoms with van der Waals surface area (Å²) in [5, 5.41) is 3.19. The number of carbonyl (C=O) groups is 1. The second kappa shape index (κ2) is 6.57. The second-order valence-electron chi connectivity index (χ2n) is 8.20. The maximum Gasteiger partial charge on any atom is 0.230 e. The van der Waals surface area contributed by atoms with Crippen molar-refractivity contribution in [3.63, 3.8) is 0 Å². The minimum absolute atomic E-state index is 0.00255. The molecular formula is C18H29NO3S. The van der Waals surface area contributed by atoms with E-state index in [2.05, 4.69) is 5.32 Å². The summed E-state index contributed by atoms with van der Waals surface area (Å²) in [6.45, 7) is 1.30. The lowest BCUT2D eigenvalue weighted by atomic mass is 9.56. The first-order valence-corrected chi connectivity index (χ1v) is 10.2. The highest BCUT2D eigenvalue weighted by Crippen LogP contribution is 2.60. The molecule has 130 valence electrons. The van der Waals surface area contributed by atoms with Gasteiger partial charge in [-0.1, -0.05) is 0 Å². The van der Waals surface area contributed by atoms with E-state index in [0.29, 0.717) is 23.7 Å². The van der Waals surface area contributed by atoms with E-state index in [4.69, 9.17) is 9.47 Å². The number of carbonyl (C=O) groups excluding carboxylic acids is 1. The van der Waals surface area contributed by atoms with Crippen LogP contribution in [0.15, 0.2) is 0 Å². The summed E-state index contributed by atoms with van der Waals surface area (Å²) in [7, 11) is 1.70. The number of nitrogens with one attached hydrogen (secondary N) is 1. The minimum Gasteiger partial charge on any atom is -0.379 e. The Kier molecular flexibility index (Phi) is 4.63. The Labute approximate surface area is 143 Å². The summed E-state index contributed by atoms with van der Waals surface area (Å²) in [5.41, 5.74) is 0. The molecule has 0 unspecified atom stereocenters. The Morgan fingerprint density at radius 2 is 1.87 bits per heavy atom. The zero-order valence-corrected chi connectivity index (χ0v) is 14.9. The summed E-state index contributed by atoms with van der Waals surface area (Å²) >= 11 is 1.96. The highest BCUT2D eigenvalue weighted by Gasteiger charge is 2.51. The van der Waals surface area contributed by atoms with Crippen LogP contribution in [0.3, 0.4) is 0 Å². The second-order valence-corrected chi connectivity index (χ2v) is 9.64. The van der Waals surface area contributed by atoms with Gasteiger partial charge in [-0.05, 0) is 62.7 Å². The smallest absolute Gasteiger partial charge is 0.230 e. The highest BCUT2D eigenvalue weighted by atomic mass is 32.2. The van der Waals surface area contributed by atoms with Crippen molar-refractivity contribution in [2.24, 2.45) is 17.8 Å². The van der Waals surface area contributed by atoms with Gasteiger partial charge in [0.05, 0.1) is 18.4 Å². The van der Waals surface area contributed by atoms with Gasteiger partial charge < -0.3 is 14.8 Å². The summed E-state index contributed by atoms with van der Waals surface area (Å²) < 4.78 is 11.3. The zero-order valence-electron chi connectivity index (χ0n) is 14.1. The molecule has 5 fully saturated rings. The maximum atomic E-state index is 12.4. The van der Waals surface area contributed by atoms with E-state index in [0.717, 1.165) is 24.2 Å². The SMILES string of the molecule is CO[C@H]1COCC[C@@H]1NC(=O)CSC12CC3CC(CC(C3)C1)C2. The predicted molar refractivity (Wildman–Crippen MR) is 91.5 cm³/mol. The van der Waals surface area contributed by atoms with Crippen molar-refractivity contribution in [1.29, 1.82) is 0 Å². The maximum absolute atomic E-state index is 12.4. The third-order valence-electron chi connectivity index (χ3n) is 6.44. The third kappa shape index (κ3) is 3.42. The largest absolute Gasteiger partial charge is 0.379 e. The van der Waals surface area contributed by atoms with Crippen LogP contribution in [-0.4, -0.2) is 48.9 Å². The van der Waals surface area contributed by atoms with Crippen molar-refractivity contribution in [3.8, 4) is 0 Å². The molecule has 4 saturated carbocycles. The van der Waals surface area contributed by atoms with E-state index in [9.17, 15) is 4.79 Å². The molecule has 4 nitrogen and oxygen atoms in total. The molecular weight excluding hydrogens is 310 g/mol. The number of ether oxygens (including phenoxy) is 2. The molecule has 5 rings (SSSR count). The van der Waals surface area contributed by atoms with E-state index in [1.165, 1.54) is 38.5 Å². The molecule has 1 N–H and O–H groups in total. The standard InChI is InChI=1S/C18H29NO3S/c1-21-16-10-22-3-2-15(16)19-17(20)11-23-18-7-12-4-13(8-18)6-14(5-12)9-18/h12-16H,2-11H2,1H3,(H,19,20)/t12?,13?,14?,15-,16-,18?/m0/s1. The van der Waals surface area contributed by atoms with Gasteiger partial charge in [-0.3, -0.25) is 4.79 Å². The van der Waals surface area contributed by atoms with Crippen LogP contribution in [-0.2, 0) is 14.3 Å². The Balaban J connectivity index is 1.30. The number of methoxy groups -OCH3 is 1. The normalized spacial score (nSPS) is 45.2. The summed E-state index contributed by atoms with van der Waals surface area (Å²) in [6.07, 6.45) is 9.30. The molecule has 1 aliphatic heterocycles. The number of hydrogen-bond acceptors (Lipinski definition) is 4. The van der Waals surface area contributed by atoms with E-state index < -0.39 is 0 Å². The van der Waals surface area contributed by atoms with Crippen LogP contribution in [0.2, 0.25) is 0 Å². The van der Waals surface area contributed by atoms with Crippen LogP contribution in [0.5, 0.6) is 0 Å². The van der Waals surface area contributed by atoms with E-state index in [-0.39, 0.29) is 18.1 Å². The van der Waals surface area contributed by atoms with Crippen LogP contribution in [0, 0.1) is 17.8 Å². The van der Waals surface area contributed by atoms with Crippen molar-refractivity contribution in [1.82, 2.24) is 5.32 Å². The average Bonchev–Trinajstić information content (AvgIpc) is 2.52.